The van der Waals surface area contributed by atoms with E-state index in [1.54, 1.807) is 11.3 Å². The minimum Gasteiger partial charge on any atom is -0.314 e. The molecule has 0 aliphatic carbocycles. The van der Waals surface area contributed by atoms with Crippen molar-refractivity contribution in [2.75, 3.05) is 26.7 Å². The standard InChI is InChI=1S/C15H26N2S/c1-13(11-15-6-10-18-12-15)16-7-3-14-4-8-17(2)9-5-14/h6,10,12-14,16H,3-5,7-9,11H2,1-2H3/t13-/m1/s1. The van der Waals surface area contributed by atoms with Crippen molar-refractivity contribution in [2.24, 2.45) is 5.92 Å². The van der Waals surface area contributed by atoms with E-state index < -0.39 is 0 Å². The van der Waals surface area contributed by atoms with Crippen LogP contribution in [-0.4, -0.2) is 37.6 Å². The Labute approximate surface area is 115 Å². The van der Waals surface area contributed by atoms with Gasteiger partial charge in [0.05, 0.1) is 0 Å². The molecule has 0 unspecified atom stereocenters. The Balaban J connectivity index is 1.57. The predicted octanol–water partition coefficient (Wildman–Crippen LogP) is 3.00. The first kappa shape index (κ1) is 14.0. The van der Waals surface area contributed by atoms with Crippen LogP contribution in [0.2, 0.25) is 0 Å². The van der Waals surface area contributed by atoms with E-state index >= 15 is 0 Å². The highest BCUT2D eigenvalue weighted by Gasteiger charge is 2.16. The van der Waals surface area contributed by atoms with Gasteiger partial charge in [0.15, 0.2) is 0 Å². The van der Waals surface area contributed by atoms with Crippen molar-refractivity contribution in [3.63, 3.8) is 0 Å². The van der Waals surface area contributed by atoms with Crippen LogP contribution in [0.1, 0.15) is 31.7 Å². The maximum Gasteiger partial charge on any atom is 0.00794 e. The molecule has 2 rings (SSSR count). The molecule has 0 amide bonds. The quantitative estimate of drug-likeness (QED) is 0.851. The lowest BCUT2D eigenvalue weighted by molar-refractivity contribution is 0.210. The summed E-state index contributed by atoms with van der Waals surface area (Å²) < 4.78 is 0. The molecule has 1 atom stereocenters. The fourth-order valence-electron chi connectivity index (χ4n) is 2.72. The summed E-state index contributed by atoms with van der Waals surface area (Å²) in [6.45, 7) is 6.05. The summed E-state index contributed by atoms with van der Waals surface area (Å²) in [6.07, 6.45) is 5.28. The Hall–Kier alpha value is -0.380. The van der Waals surface area contributed by atoms with Crippen molar-refractivity contribution >= 4 is 11.3 Å². The van der Waals surface area contributed by atoms with Gasteiger partial charge in [-0.3, -0.25) is 0 Å². The normalized spacial score (nSPS) is 20.1. The molecule has 1 aromatic rings. The van der Waals surface area contributed by atoms with E-state index in [0.29, 0.717) is 6.04 Å². The summed E-state index contributed by atoms with van der Waals surface area (Å²) in [4.78, 5) is 2.45. The molecule has 0 aromatic carbocycles. The maximum atomic E-state index is 3.67. The van der Waals surface area contributed by atoms with Crippen LogP contribution in [0.4, 0.5) is 0 Å². The van der Waals surface area contributed by atoms with E-state index in [1.807, 2.05) is 0 Å². The second kappa shape index (κ2) is 7.27. The summed E-state index contributed by atoms with van der Waals surface area (Å²) in [7, 11) is 2.23. The van der Waals surface area contributed by atoms with Crippen molar-refractivity contribution in [1.82, 2.24) is 10.2 Å². The van der Waals surface area contributed by atoms with E-state index in [-0.39, 0.29) is 0 Å². The van der Waals surface area contributed by atoms with Gasteiger partial charge in [0.1, 0.15) is 0 Å². The van der Waals surface area contributed by atoms with Crippen LogP contribution in [0.3, 0.4) is 0 Å². The number of rotatable bonds is 6. The zero-order valence-corrected chi connectivity index (χ0v) is 12.5. The van der Waals surface area contributed by atoms with Crippen molar-refractivity contribution < 1.29 is 0 Å². The average Bonchev–Trinajstić information content (AvgIpc) is 2.84. The van der Waals surface area contributed by atoms with E-state index in [4.69, 9.17) is 0 Å². The first-order chi connectivity index (χ1) is 8.74. The molecule has 2 heterocycles. The first-order valence-electron chi connectivity index (χ1n) is 7.17. The Kier molecular flexibility index (Phi) is 5.67. The second-order valence-electron chi connectivity index (χ2n) is 5.73. The van der Waals surface area contributed by atoms with Crippen LogP contribution in [0.25, 0.3) is 0 Å². The third kappa shape index (κ3) is 4.71. The van der Waals surface area contributed by atoms with Gasteiger partial charge < -0.3 is 10.2 Å². The lowest BCUT2D eigenvalue weighted by atomic mass is 9.94. The molecule has 18 heavy (non-hydrogen) atoms. The third-order valence-corrected chi connectivity index (χ3v) is 4.74. The average molecular weight is 266 g/mol. The van der Waals surface area contributed by atoms with Gasteiger partial charge in [-0.2, -0.15) is 11.3 Å². The van der Waals surface area contributed by atoms with Crippen LogP contribution < -0.4 is 5.32 Å². The minimum atomic E-state index is 0.603. The van der Waals surface area contributed by atoms with Crippen LogP contribution in [0.5, 0.6) is 0 Å². The molecule has 1 aromatic heterocycles. The van der Waals surface area contributed by atoms with Crippen molar-refractivity contribution in [3.8, 4) is 0 Å². The number of nitrogens with one attached hydrogen (secondary N) is 1. The zero-order chi connectivity index (χ0) is 12.8. The van der Waals surface area contributed by atoms with E-state index in [9.17, 15) is 0 Å². The van der Waals surface area contributed by atoms with Crippen molar-refractivity contribution in [1.29, 1.82) is 0 Å². The summed E-state index contributed by atoms with van der Waals surface area (Å²) in [5, 5.41) is 8.10. The SMILES string of the molecule is C[C@H](Cc1ccsc1)NCCC1CCN(C)CC1. The van der Waals surface area contributed by atoms with Gasteiger partial charge in [0.25, 0.3) is 0 Å². The fourth-order valence-corrected chi connectivity index (χ4v) is 3.40. The van der Waals surface area contributed by atoms with Gasteiger partial charge in [-0.1, -0.05) is 0 Å². The summed E-state index contributed by atoms with van der Waals surface area (Å²) in [6, 6.07) is 2.84. The summed E-state index contributed by atoms with van der Waals surface area (Å²) >= 11 is 1.80. The molecule has 0 bridgehead atoms. The summed E-state index contributed by atoms with van der Waals surface area (Å²) in [5.74, 6) is 0.946. The van der Waals surface area contributed by atoms with Crippen LogP contribution in [0, 0.1) is 5.92 Å². The topological polar surface area (TPSA) is 15.3 Å². The molecule has 102 valence electrons. The predicted molar refractivity (Wildman–Crippen MR) is 80.3 cm³/mol. The number of thiophene rings is 1. The van der Waals surface area contributed by atoms with Gasteiger partial charge >= 0.3 is 0 Å². The third-order valence-electron chi connectivity index (χ3n) is 4.01. The summed E-state index contributed by atoms with van der Waals surface area (Å²) in [5.41, 5.74) is 1.47. The first-order valence-corrected chi connectivity index (χ1v) is 8.11. The number of hydrogen-bond donors (Lipinski definition) is 1. The number of piperidine rings is 1. The molecule has 0 spiro atoms. The second-order valence-corrected chi connectivity index (χ2v) is 6.51. The molecule has 1 aliphatic heterocycles. The molecule has 1 N–H and O–H groups in total. The highest BCUT2D eigenvalue weighted by atomic mass is 32.1. The van der Waals surface area contributed by atoms with E-state index in [2.05, 4.69) is 41.0 Å². The van der Waals surface area contributed by atoms with E-state index in [1.165, 1.54) is 44.5 Å². The highest BCUT2D eigenvalue weighted by Crippen LogP contribution is 2.18. The highest BCUT2D eigenvalue weighted by molar-refractivity contribution is 7.07. The van der Waals surface area contributed by atoms with Gasteiger partial charge in [0.2, 0.25) is 0 Å². The van der Waals surface area contributed by atoms with E-state index in [0.717, 1.165) is 12.3 Å². The number of nitrogens with zero attached hydrogens (tertiary/aromatic N) is 1. The Morgan fingerprint density at radius 1 is 1.44 bits per heavy atom. The smallest absolute Gasteiger partial charge is 0.00794 e. The molecular weight excluding hydrogens is 240 g/mol. The molecule has 0 radical (unpaired) electrons. The zero-order valence-electron chi connectivity index (χ0n) is 11.7. The minimum absolute atomic E-state index is 0.603. The lowest BCUT2D eigenvalue weighted by Crippen LogP contribution is -2.34. The molecule has 1 aliphatic rings. The van der Waals surface area contributed by atoms with Gasteiger partial charge in [0, 0.05) is 6.04 Å². The van der Waals surface area contributed by atoms with Gasteiger partial charge in [-0.15, -0.1) is 0 Å². The molecular formula is C15H26N2S. The maximum absolute atomic E-state index is 3.67. The monoisotopic (exact) mass is 266 g/mol. The van der Waals surface area contributed by atoms with Crippen molar-refractivity contribution in [2.45, 2.75) is 38.6 Å². The van der Waals surface area contributed by atoms with Crippen LogP contribution in [-0.2, 0) is 6.42 Å². The van der Waals surface area contributed by atoms with Gasteiger partial charge in [-0.05, 0) is 87.6 Å². The van der Waals surface area contributed by atoms with Crippen LogP contribution in [0.15, 0.2) is 16.8 Å². The van der Waals surface area contributed by atoms with Gasteiger partial charge in [-0.25, -0.2) is 0 Å². The Morgan fingerprint density at radius 3 is 2.89 bits per heavy atom. The largest absolute Gasteiger partial charge is 0.314 e. The molecule has 3 heteroatoms. The Bertz CT molecular complexity index is 315. The number of hydrogen-bond acceptors (Lipinski definition) is 3. The van der Waals surface area contributed by atoms with Crippen molar-refractivity contribution in [3.05, 3.63) is 22.4 Å². The lowest BCUT2D eigenvalue weighted by Gasteiger charge is -2.29. The number of likely N-dealkylation sites (tertiary alicyclic amines) is 1. The molecule has 0 saturated carbocycles. The molecule has 1 saturated heterocycles. The molecule has 2 nitrogen and oxygen atoms in total. The Morgan fingerprint density at radius 2 is 2.22 bits per heavy atom. The fraction of sp³-hybridized carbons (Fsp3) is 0.733. The molecule has 1 fully saturated rings. The van der Waals surface area contributed by atoms with Crippen LogP contribution >= 0.6 is 11.3 Å².